The largest absolute Gasteiger partial charge is 0.495 e. The molecule has 0 radical (unpaired) electrons. The number of aromatic nitrogens is 3. The molecule has 262 valence electrons. The summed E-state index contributed by atoms with van der Waals surface area (Å²) >= 11 is 13.2. The van der Waals surface area contributed by atoms with E-state index in [1.54, 1.807) is 29.3 Å². The predicted molar refractivity (Wildman–Crippen MR) is 197 cm³/mol. The maximum atomic E-state index is 12.6. The number of nitrogens with one attached hydrogen (secondary N) is 3. The molecule has 0 bridgehead atoms. The van der Waals surface area contributed by atoms with Crippen LogP contribution in [-0.2, 0) is 9.53 Å². The Labute approximate surface area is 300 Å². The van der Waals surface area contributed by atoms with E-state index in [2.05, 4.69) is 42.4 Å². The Morgan fingerprint density at radius 3 is 2.24 bits per heavy atom. The number of benzene rings is 2. The average Bonchev–Trinajstić information content (AvgIpc) is 3.10. The van der Waals surface area contributed by atoms with Crippen LogP contribution < -0.4 is 30.3 Å². The molecule has 0 spiro atoms. The van der Waals surface area contributed by atoms with Crippen molar-refractivity contribution in [2.75, 3.05) is 61.2 Å². The van der Waals surface area contributed by atoms with E-state index >= 15 is 0 Å². The van der Waals surface area contributed by atoms with Crippen LogP contribution >= 0.6 is 23.2 Å². The molecule has 0 atom stereocenters. The summed E-state index contributed by atoms with van der Waals surface area (Å²) in [6.07, 6.45) is 3.91. The predicted octanol–water partition coefficient (Wildman–Crippen LogP) is 7.53. The smallest absolute Gasteiger partial charge is 0.410 e. The van der Waals surface area contributed by atoms with Crippen LogP contribution in [0.4, 0.5) is 39.2 Å². The fraction of sp³-hybridized carbons (Fsp3) is 0.286. The summed E-state index contributed by atoms with van der Waals surface area (Å²) < 4.78 is 16.3. The zero-order valence-corrected chi connectivity index (χ0v) is 29.9. The summed E-state index contributed by atoms with van der Waals surface area (Å²) in [5.41, 5.74) is 2.94. The van der Waals surface area contributed by atoms with Gasteiger partial charge in [0.05, 0.1) is 37.0 Å². The zero-order chi connectivity index (χ0) is 36.0. The molecular weight excluding hydrogens is 683 g/mol. The SMILES string of the molecule is C=CC(=O)Nc1cc(N2CCN(C(=O)OC(C)(C)C)CC2)ccc1Nc1cc(-c2cccnc2Nc2c(Cl)c(OC)cc(OC)c2Cl)ncn1. The molecule has 0 saturated carbocycles. The number of pyridine rings is 1. The van der Waals surface area contributed by atoms with Crippen molar-refractivity contribution in [2.24, 2.45) is 0 Å². The Bertz CT molecular complexity index is 1870. The lowest BCUT2D eigenvalue weighted by atomic mass is 10.1. The minimum absolute atomic E-state index is 0.252. The molecule has 3 heterocycles. The molecule has 1 fully saturated rings. The van der Waals surface area contributed by atoms with Crippen LogP contribution in [-0.4, -0.2) is 77.9 Å². The number of rotatable bonds is 10. The topological polar surface area (TPSA) is 143 Å². The number of halogens is 2. The maximum absolute atomic E-state index is 12.6. The summed E-state index contributed by atoms with van der Waals surface area (Å²) in [5.74, 6) is 1.24. The highest BCUT2D eigenvalue weighted by molar-refractivity contribution is 6.41. The molecule has 0 aliphatic carbocycles. The van der Waals surface area contributed by atoms with Gasteiger partial charge < -0.3 is 40.0 Å². The number of hydrogen-bond acceptors (Lipinski definition) is 11. The van der Waals surface area contributed by atoms with E-state index in [0.717, 1.165) is 5.69 Å². The number of hydrogen-bond donors (Lipinski definition) is 3. The first-order chi connectivity index (χ1) is 23.9. The minimum Gasteiger partial charge on any atom is -0.495 e. The molecule has 1 saturated heterocycles. The average molecular weight is 722 g/mol. The normalized spacial score (nSPS) is 12.9. The van der Waals surface area contributed by atoms with Crippen LogP contribution in [0.2, 0.25) is 10.0 Å². The van der Waals surface area contributed by atoms with Crippen molar-refractivity contribution in [1.29, 1.82) is 0 Å². The molecule has 5 rings (SSSR count). The van der Waals surface area contributed by atoms with Gasteiger partial charge in [0.1, 0.15) is 45.1 Å². The third-order valence-corrected chi connectivity index (χ3v) is 8.32. The Morgan fingerprint density at radius 2 is 1.60 bits per heavy atom. The van der Waals surface area contributed by atoms with Gasteiger partial charge in [-0.2, -0.15) is 0 Å². The molecule has 2 amide bonds. The second-order valence-electron chi connectivity index (χ2n) is 12.1. The van der Waals surface area contributed by atoms with Crippen molar-refractivity contribution in [3.05, 3.63) is 77.7 Å². The molecule has 13 nitrogen and oxygen atoms in total. The second kappa shape index (κ2) is 15.5. The number of methoxy groups -OCH3 is 2. The first-order valence-corrected chi connectivity index (χ1v) is 16.4. The quantitative estimate of drug-likeness (QED) is 0.140. The van der Waals surface area contributed by atoms with Gasteiger partial charge in [-0.3, -0.25) is 4.79 Å². The summed E-state index contributed by atoms with van der Waals surface area (Å²) in [7, 11) is 2.99. The fourth-order valence-corrected chi connectivity index (χ4v) is 5.73. The van der Waals surface area contributed by atoms with Crippen LogP contribution in [0.15, 0.2) is 67.6 Å². The van der Waals surface area contributed by atoms with Crippen LogP contribution in [0.3, 0.4) is 0 Å². The van der Waals surface area contributed by atoms with Crippen molar-refractivity contribution in [3.8, 4) is 22.8 Å². The van der Waals surface area contributed by atoms with Crippen LogP contribution in [0, 0.1) is 0 Å². The highest BCUT2D eigenvalue weighted by Crippen LogP contribution is 2.46. The Balaban J connectivity index is 1.39. The van der Waals surface area contributed by atoms with E-state index in [1.807, 2.05) is 45.0 Å². The number of anilines is 6. The number of carbonyl (C=O) groups is 2. The molecule has 50 heavy (non-hydrogen) atoms. The highest BCUT2D eigenvalue weighted by atomic mass is 35.5. The second-order valence-corrected chi connectivity index (χ2v) is 12.9. The fourth-order valence-electron chi connectivity index (χ4n) is 5.14. The van der Waals surface area contributed by atoms with Gasteiger partial charge in [-0.25, -0.2) is 19.7 Å². The molecular formula is C35H38Cl2N8O5. The molecule has 2 aromatic heterocycles. The number of amides is 2. The highest BCUT2D eigenvalue weighted by Gasteiger charge is 2.26. The Kier molecular flexibility index (Phi) is 11.2. The van der Waals surface area contributed by atoms with Gasteiger partial charge in [0.15, 0.2) is 0 Å². The first kappa shape index (κ1) is 36.0. The van der Waals surface area contributed by atoms with Crippen LogP contribution in [0.5, 0.6) is 11.5 Å². The lowest BCUT2D eigenvalue weighted by Crippen LogP contribution is -2.50. The molecule has 1 aliphatic rings. The monoisotopic (exact) mass is 720 g/mol. The Hall–Kier alpha value is -5.27. The summed E-state index contributed by atoms with van der Waals surface area (Å²) in [6.45, 7) is 11.3. The van der Waals surface area contributed by atoms with Gasteiger partial charge in [-0.1, -0.05) is 29.8 Å². The van der Waals surface area contributed by atoms with E-state index in [1.165, 1.54) is 26.6 Å². The van der Waals surface area contributed by atoms with Gasteiger partial charge in [0, 0.05) is 55.8 Å². The third-order valence-electron chi connectivity index (χ3n) is 7.57. The van der Waals surface area contributed by atoms with Gasteiger partial charge in [0.25, 0.3) is 0 Å². The zero-order valence-electron chi connectivity index (χ0n) is 28.3. The molecule has 1 aliphatic heterocycles. The van der Waals surface area contributed by atoms with E-state index in [4.69, 9.17) is 37.4 Å². The molecule has 3 N–H and O–H groups in total. The number of nitrogens with zero attached hydrogens (tertiary/aromatic N) is 5. The van der Waals surface area contributed by atoms with Gasteiger partial charge in [0.2, 0.25) is 5.91 Å². The summed E-state index contributed by atoms with van der Waals surface area (Å²) in [4.78, 5) is 42.3. The third kappa shape index (κ3) is 8.47. The van der Waals surface area contributed by atoms with E-state index in [-0.39, 0.29) is 22.0 Å². The molecule has 15 heteroatoms. The molecule has 2 aromatic carbocycles. The van der Waals surface area contributed by atoms with Crippen molar-refractivity contribution < 1.29 is 23.8 Å². The van der Waals surface area contributed by atoms with E-state index < -0.39 is 5.60 Å². The summed E-state index contributed by atoms with van der Waals surface area (Å²) in [6, 6.07) is 12.6. The Morgan fingerprint density at radius 1 is 0.900 bits per heavy atom. The standard InChI is InChI=1S/C35H38Cl2N8O5/c1-7-29(46)42-25-17-21(44-13-15-45(16-14-44)34(47)50-35(2,3)4)10-11-23(25)41-28-18-24(39-20-40-28)22-9-8-12-38-33(22)43-32-30(36)26(48-5)19-27(49-6)31(32)37/h7-12,17-20H,1,13-16H2,2-6H3,(H,38,43)(H,42,46)(H,39,40,41). The van der Waals surface area contributed by atoms with Gasteiger partial charge in [-0.05, 0) is 57.2 Å². The minimum atomic E-state index is -0.565. The van der Waals surface area contributed by atoms with Crippen molar-refractivity contribution in [2.45, 2.75) is 26.4 Å². The number of ether oxygens (including phenoxy) is 3. The van der Waals surface area contributed by atoms with Crippen LogP contribution in [0.25, 0.3) is 11.3 Å². The van der Waals surface area contributed by atoms with Gasteiger partial charge >= 0.3 is 6.09 Å². The lowest BCUT2D eigenvalue weighted by Gasteiger charge is -2.37. The van der Waals surface area contributed by atoms with E-state index in [0.29, 0.717) is 77.6 Å². The number of piperazine rings is 1. The van der Waals surface area contributed by atoms with Crippen molar-refractivity contribution in [3.63, 3.8) is 0 Å². The first-order valence-electron chi connectivity index (χ1n) is 15.6. The van der Waals surface area contributed by atoms with E-state index in [9.17, 15) is 9.59 Å². The van der Waals surface area contributed by atoms with Crippen LogP contribution in [0.1, 0.15) is 20.8 Å². The molecule has 0 unspecified atom stereocenters. The van der Waals surface area contributed by atoms with Gasteiger partial charge in [-0.15, -0.1) is 0 Å². The van der Waals surface area contributed by atoms with Crippen molar-refractivity contribution >= 4 is 69.6 Å². The maximum Gasteiger partial charge on any atom is 0.410 e. The van der Waals surface area contributed by atoms with Crippen molar-refractivity contribution in [1.82, 2.24) is 19.9 Å². The molecule has 4 aromatic rings. The lowest BCUT2D eigenvalue weighted by molar-refractivity contribution is -0.111. The number of carbonyl (C=O) groups excluding carboxylic acids is 2. The summed E-state index contributed by atoms with van der Waals surface area (Å²) in [5, 5.41) is 9.90.